The maximum Gasteiger partial charge on any atom is 0.306 e. The van der Waals surface area contributed by atoms with Crippen molar-refractivity contribution in [2.45, 2.75) is 307 Å². The Hall–Kier alpha value is -1.30. The molecule has 0 saturated carbocycles. The minimum Gasteiger partial charge on any atom is -0.462 e. The average Bonchev–Trinajstić information content (AvgIpc) is 3.28. The number of aliphatic hydroxyl groups is 4. The second kappa shape index (κ2) is 44.5. The van der Waals surface area contributed by atoms with Crippen LogP contribution in [0.1, 0.15) is 271 Å². The van der Waals surface area contributed by atoms with Crippen molar-refractivity contribution >= 4 is 11.9 Å². The molecule has 0 aromatic rings. The molecule has 0 aliphatic carbocycles. The van der Waals surface area contributed by atoms with Crippen LogP contribution in [0, 0.1) is 0 Å². The van der Waals surface area contributed by atoms with Gasteiger partial charge in [0.2, 0.25) is 0 Å². The third-order valence-corrected chi connectivity index (χ3v) is 13.0. The van der Waals surface area contributed by atoms with E-state index in [2.05, 4.69) is 13.8 Å². The highest BCUT2D eigenvalue weighted by Crippen LogP contribution is 2.23. The van der Waals surface area contributed by atoms with Crippen LogP contribution < -0.4 is 0 Å². The molecule has 63 heavy (non-hydrogen) atoms. The molecule has 1 aliphatic heterocycles. The maximum absolute atomic E-state index is 12.8. The lowest BCUT2D eigenvalue weighted by molar-refractivity contribution is -0.305. The number of aliphatic hydroxyl groups excluding tert-OH is 4. The van der Waals surface area contributed by atoms with Gasteiger partial charge < -0.3 is 39.4 Å². The molecule has 0 bridgehead atoms. The van der Waals surface area contributed by atoms with Crippen molar-refractivity contribution in [1.82, 2.24) is 0 Å². The highest BCUT2D eigenvalue weighted by molar-refractivity contribution is 5.70. The molecule has 1 heterocycles. The van der Waals surface area contributed by atoms with Crippen LogP contribution in [0.3, 0.4) is 0 Å². The second-order valence-electron chi connectivity index (χ2n) is 19.1. The topological polar surface area (TPSA) is 152 Å². The molecular formula is C53H102O10. The Morgan fingerprint density at radius 2 is 0.746 bits per heavy atom. The smallest absolute Gasteiger partial charge is 0.306 e. The molecule has 4 N–H and O–H groups in total. The van der Waals surface area contributed by atoms with Gasteiger partial charge in [0.1, 0.15) is 31.0 Å². The summed E-state index contributed by atoms with van der Waals surface area (Å²) in [7, 11) is 0. The Balaban J connectivity index is 2.20. The molecule has 6 atom stereocenters. The van der Waals surface area contributed by atoms with Crippen LogP contribution in [0.15, 0.2) is 0 Å². The van der Waals surface area contributed by atoms with Crippen LogP contribution in [-0.2, 0) is 28.5 Å². The summed E-state index contributed by atoms with van der Waals surface area (Å²) in [6, 6.07) is 0. The minimum absolute atomic E-state index is 0.208. The van der Waals surface area contributed by atoms with Gasteiger partial charge in [0.25, 0.3) is 0 Å². The summed E-state index contributed by atoms with van der Waals surface area (Å²) in [5.41, 5.74) is 0. The van der Waals surface area contributed by atoms with E-state index in [-0.39, 0.29) is 32.0 Å². The molecule has 1 rings (SSSR count). The van der Waals surface area contributed by atoms with E-state index in [0.29, 0.717) is 6.42 Å². The van der Waals surface area contributed by atoms with Gasteiger partial charge in [-0.05, 0) is 12.8 Å². The molecule has 1 aliphatic rings. The number of ether oxygens (including phenoxy) is 4. The number of rotatable bonds is 47. The Labute approximate surface area is 387 Å². The van der Waals surface area contributed by atoms with E-state index in [1.807, 2.05) is 0 Å². The van der Waals surface area contributed by atoms with Crippen LogP contribution in [0.2, 0.25) is 0 Å². The van der Waals surface area contributed by atoms with Crippen LogP contribution in [0.25, 0.3) is 0 Å². The highest BCUT2D eigenvalue weighted by atomic mass is 16.7. The summed E-state index contributed by atoms with van der Waals surface area (Å²) < 4.78 is 22.3. The van der Waals surface area contributed by atoms with E-state index in [1.165, 1.54) is 205 Å². The first-order valence-electron chi connectivity index (χ1n) is 27.1. The van der Waals surface area contributed by atoms with E-state index in [1.54, 1.807) is 0 Å². The number of hydrogen-bond acceptors (Lipinski definition) is 10. The van der Waals surface area contributed by atoms with Crippen molar-refractivity contribution in [3.8, 4) is 0 Å². The molecule has 6 unspecified atom stereocenters. The van der Waals surface area contributed by atoms with Gasteiger partial charge in [-0.25, -0.2) is 0 Å². The zero-order valence-electron chi connectivity index (χ0n) is 41.1. The van der Waals surface area contributed by atoms with E-state index in [9.17, 15) is 30.0 Å². The first kappa shape index (κ1) is 59.7. The Kier molecular flexibility index (Phi) is 42.2. The first-order chi connectivity index (χ1) is 30.8. The number of carbonyl (C=O) groups excluding carboxylic acids is 2. The van der Waals surface area contributed by atoms with Crippen LogP contribution in [-0.4, -0.2) is 89.0 Å². The van der Waals surface area contributed by atoms with Crippen LogP contribution in [0.5, 0.6) is 0 Å². The molecule has 0 amide bonds. The summed E-state index contributed by atoms with van der Waals surface area (Å²) in [4.78, 5) is 25.5. The second-order valence-corrected chi connectivity index (χ2v) is 19.1. The zero-order chi connectivity index (χ0) is 45.9. The average molecular weight is 899 g/mol. The van der Waals surface area contributed by atoms with E-state index in [4.69, 9.17) is 18.9 Å². The maximum atomic E-state index is 12.8. The fourth-order valence-corrected chi connectivity index (χ4v) is 8.72. The van der Waals surface area contributed by atoms with Crippen LogP contribution >= 0.6 is 0 Å². The minimum atomic E-state index is -1.59. The molecule has 0 spiro atoms. The van der Waals surface area contributed by atoms with Crippen molar-refractivity contribution in [3.63, 3.8) is 0 Å². The summed E-state index contributed by atoms with van der Waals surface area (Å²) in [6.07, 6.45) is 41.2. The van der Waals surface area contributed by atoms with Crippen molar-refractivity contribution in [2.75, 3.05) is 19.8 Å². The SMILES string of the molecule is CCCCCCCCCCCCCCCCCCCCCCCCCC(=O)OC(COC(=O)CCCCCCCCCCCCCCCCC)COC1OC(CO)C(O)C(O)C1O. The third kappa shape index (κ3) is 35.6. The Bertz CT molecular complexity index is 995. The fourth-order valence-electron chi connectivity index (χ4n) is 8.72. The highest BCUT2D eigenvalue weighted by Gasteiger charge is 2.44. The van der Waals surface area contributed by atoms with E-state index < -0.39 is 49.4 Å². The van der Waals surface area contributed by atoms with Crippen molar-refractivity contribution < 1.29 is 49.0 Å². The third-order valence-electron chi connectivity index (χ3n) is 13.0. The van der Waals surface area contributed by atoms with Gasteiger partial charge in [0.15, 0.2) is 12.4 Å². The summed E-state index contributed by atoms with van der Waals surface area (Å²) in [5, 5.41) is 40.2. The molecule has 1 saturated heterocycles. The summed E-state index contributed by atoms with van der Waals surface area (Å²) in [6.45, 7) is 3.49. The molecule has 374 valence electrons. The van der Waals surface area contributed by atoms with Crippen molar-refractivity contribution in [2.24, 2.45) is 0 Å². The zero-order valence-corrected chi connectivity index (χ0v) is 41.1. The monoisotopic (exact) mass is 899 g/mol. The van der Waals surface area contributed by atoms with Crippen molar-refractivity contribution in [3.05, 3.63) is 0 Å². The molecule has 10 nitrogen and oxygen atoms in total. The predicted octanol–water partition coefficient (Wildman–Crippen LogP) is 12.9. The normalized spacial score (nSPS) is 19.4. The predicted molar refractivity (Wildman–Crippen MR) is 257 cm³/mol. The Morgan fingerprint density at radius 1 is 0.429 bits per heavy atom. The molecule has 0 radical (unpaired) electrons. The number of esters is 2. The van der Waals surface area contributed by atoms with E-state index in [0.717, 1.165) is 32.1 Å². The van der Waals surface area contributed by atoms with Gasteiger partial charge in [-0.1, -0.05) is 245 Å². The lowest BCUT2D eigenvalue weighted by Gasteiger charge is -2.39. The largest absolute Gasteiger partial charge is 0.462 e. The number of hydrogen-bond donors (Lipinski definition) is 4. The van der Waals surface area contributed by atoms with Gasteiger partial charge in [-0.2, -0.15) is 0 Å². The van der Waals surface area contributed by atoms with Gasteiger partial charge in [0, 0.05) is 12.8 Å². The van der Waals surface area contributed by atoms with Crippen LogP contribution in [0.4, 0.5) is 0 Å². The summed E-state index contributed by atoms with van der Waals surface area (Å²) in [5.74, 6) is -0.784. The number of carbonyl (C=O) groups is 2. The number of unbranched alkanes of at least 4 members (excludes halogenated alkanes) is 36. The lowest BCUT2D eigenvalue weighted by Crippen LogP contribution is -2.59. The molecule has 1 fully saturated rings. The molecular weight excluding hydrogens is 797 g/mol. The first-order valence-corrected chi connectivity index (χ1v) is 27.1. The standard InChI is InChI=1S/C53H102O10/c1-3-5-7-9-11-13-15-17-19-20-21-22-23-24-25-26-28-30-32-34-36-38-40-42-49(56)62-46(45-61-53-52(59)51(58)50(57)47(43-54)63-53)44-60-48(55)41-39-37-35-33-31-29-27-18-16-14-12-10-8-6-4-2/h46-47,50-54,57-59H,3-45H2,1-2H3. The molecule has 10 heteroatoms. The summed E-state index contributed by atoms with van der Waals surface area (Å²) >= 11 is 0. The lowest BCUT2D eigenvalue weighted by atomic mass is 9.99. The van der Waals surface area contributed by atoms with Gasteiger partial charge in [-0.3, -0.25) is 9.59 Å². The van der Waals surface area contributed by atoms with Gasteiger partial charge in [-0.15, -0.1) is 0 Å². The van der Waals surface area contributed by atoms with E-state index >= 15 is 0 Å². The molecule has 0 aromatic carbocycles. The van der Waals surface area contributed by atoms with Gasteiger partial charge >= 0.3 is 11.9 Å². The molecule has 0 aromatic heterocycles. The Morgan fingerprint density at radius 3 is 1.08 bits per heavy atom. The quantitative estimate of drug-likeness (QED) is 0.0343. The van der Waals surface area contributed by atoms with Crippen molar-refractivity contribution in [1.29, 1.82) is 0 Å². The fraction of sp³-hybridized carbons (Fsp3) is 0.962. The van der Waals surface area contributed by atoms with Gasteiger partial charge in [0.05, 0.1) is 13.2 Å².